The molecule has 6 nitrogen and oxygen atoms in total. The first-order chi connectivity index (χ1) is 6.61. The van der Waals surface area contributed by atoms with E-state index < -0.39 is 4.92 Å². The van der Waals surface area contributed by atoms with Crippen molar-refractivity contribution in [3.8, 4) is 5.75 Å². The molecule has 0 saturated heterocycles. The van der Waals surface area contributed by atoms with Gasteiger partial charge in [-0.1, -0.05) is 0 Å². The Balaban J connectivity index is 3.43. The molecule has 0 spiro atoms. The Kier molecular flexibility index (Phi) is 2.76. The zero-order valence-corrected chi connectivity index (χ0v) is 7.90. The average molecular weight is 197 g/mol. The van der Waals surface area contributed by atoms with Crippen LogP contribution in [0.25, 0.3) is 0 Å². The van der Waals surface area contributed by atoms with E-state index in [2.05, 4.69) is 5.32 Å². The number of hydrogen-bond acceptors (Lipinski definition) is 5. The van der Waals surface area contributed by atoms with Crippen LogP contribution in [0, 0.1) is 10.1 Å². The van der Waals surface area contributed by atoms with Crippen LogP contribution in [-0.4, -0.2) is 19.1 Å². The average Bonchev–Trinajstić information content (AvgIpc) is 2.17. The summed E-state index contributed by atoms with van der Waals surface area (Å²) >= 11 is 0. The molecular weight excluding hydrogens is 186 g/mol. The normalized spacial score (nSPS) is 9.57. The monoisotopic (exact) mass is 197 g/mol. The first-order valence-electron chi connectivity index (χ1n) is 3.90. The fourth-order valence-electron chi connectivity index (χ4n) is 1.18. The van der Waals surface area contributed by atoms with E-state index >= 15 is 0 Å². The molecule has 76 valence electrons. The highest BCUT2D eigenvalue weighted by Gasteiger charge is 2.22. The van der Waals surface area contributed by atoms with Crippen molar-refractivity contribution in [2.75, 3.05) is 25.2 Å². The Hall–Kier alpha value is -1.98. The second-order valence-electron chi connectivity index (χ2n) is 2.59. The summed E-state index contributed by atoms with van der Waals surface area (Å²) in [6.07, 6.45) is 0. The first-order valence-corrected chi connectivity index (χ1v) is 3.90. The summed E-state index contributed by atoms with van der Waals surface area (Å²) in [6, 6.07) is 3.09. The SMILES string of the molecule is CNc1ccc(N)c(OC)c1[N+](=O)[O-]. The van der Waals surface area contributed by atoms with Gasteiger partial charge in [-0.15, -0.1) is 0 Å². The number of nitrogens with two attached hydrogens (primary N) is 1. The van der Waals surface area contributed by atoms with Crippen molar-refractivity contribution in [2.24, 2.45) is 0 Å². The van der Waals surface area contributed by atoms with E-state index in [4.69, 9.17) is 10.5 Å². The maximum absolute atomic E-state index is 10.7. The van der Waals surface area contributed by atoms with Crippen molar-refractivity contribution in [3.63, 3.8) is 0 Å². The number of nitro groups is 1. The quantitative estimate of drug-likeness (QED) is 0.432. The second-order valence-corrected chi connectivity index (χ2v) is 2.59. The Labute approximate surface area is 80.8 Å². The lowest BCUT2D eigenvalue weighted by molar-refractivity contribution is -0.384. The lowest BCUT2D eigenvalue weighted by Crippen LogP contribution is -2.02. The van der Waals surface area contributed by atoms with Gasteiger partial charge in [0.1, 0.15) is 5.69 Å². The Bertz CT molecular complexity index is 365. The Morgan fingerprint density at radius 2 is 2.21 bits per heavy atom. The van der Waals surface area contributed by atoms with Gasteiger partial charge in [-0.05, 0) is 12.1 Å². The van der Waals surface area contributed by atoms with Crippen LogP contribution in [0.15, 0.2) is 12.1 Å². The predicted octanol–water partition coefficient (Wildman–Crippen LogP) is 1.23. The fraction of sp³-hybridized carbons (Fsp3) is 0.250. The van der Waals surface area contributed by atoms with Crippen LogP contribution >= 0.6 is 0 Å². The summed E-state index contributed by atoms with van der Waals surface area (Å²) in [7, 11) is 2.94. The Morgan fingerprint density at radius 1 is 1.57 bits per heavy atom. The zero-order chi connectivity index (χ0) is 10.7. The van der Waals surface area contributed by atoms with Gasteiger partial charge in [0.05, 0.1) is 17.7 Å². The van der Waals surface area contributed by atoms with Crippen molar-refractivity contribution in [1.82, 2.24) is 0 Å². The molecule has 0 fully saturated rings. The minimum absolute atomic E-state index is 0.0850. The van der Waals surface area contributed by atoms with Crippen molar-refractivity contribution >= 4 is 17.1 Å². The molecule has 0 aromatic heterocycles. The second kappa shape index (κ2) is 3.82. The third kappa shape index (κ3) is 1.54. The van der Waals surface area contributed by atoms with Crippen molar-refractivity contribution in [2.45, 2.75) is 0 Å². The molecule has 0 aliphatic carbocycles. The van der Waals surface area contributed by atoms with Crippen LogP contribution < -0.4 is 15.8 Å². The highest BCUT2D eigenvalue weighted by atomic mass is 16.6. The molecular formula is C8H11N3O3. The number of nitrogens with one attached hydrogen (secondary N) is 1. The van der Waals surface area contributed by atoms with E-state index in [-0.39, 0.29) is 17.1 Å². The van der Waals surface area contributed by atoms with Crippen LogP contribution in [0.2, 0.25) is 0 Å². The van der Waals surface area contributed by atoms with Gasteiger partial charge < -0.3 is 15.8 Å². The number of hydrogen-bond donors (Lipinski definition) is 2. The molecule has 0 radical (unpaired) electrons. The van der Waals surface area contributed by atoms with Crippen LogP contribution in [0.4, 0.5) is 17.1 Å². The van der Waals surface area contributed by atoms with Crippen LogP contribution in [0.3, 0.4) is 0 Å². The number of nitrogen functional groups attached to an aromatic ring is 1. The third-order valence-electron chi connectivity index (χ3n) is 1.82. The molecule has 0 heterocycles. The minimum atomic E-state index is -0.527. The van der Waals surface area contributed by atoms with Crippen LogP contribution in [-0.2, 0) is 0 Å². The van der Waals surface area contributed by atoms with E-state index in [0.29, 0.717) is 5.69 Å². The molecule has 1 aromatic carbocycles. The van der Waals surface area contributed by atoms with E-state index in [1.165, 1.54) is 13.2 Å². The number of anilines is 2. The van der Waals surface area contributed by atoms with Crippen LogP contribution in [0.5, 0.6) is 5.75 Å². The highest BCUT2D eigenvalue weighted by Crippen LogP contribution is 2.38. The largest absolute Gasteiger partial charge is 0.489 e. The third-order valence-corrected chi connectivity index (χ3v) is 1.82. The molecule has 3 N–H and O–H groups in total. The van der Waals surface area contributed by atoms with Gasteiger partial charge in [0, 0.05) is 7.05 Å². The molecule has 0 saturated carbocycles. The van der Waals surface area contributed by atoms with E-state index in [1.54, 1.807) is 13.1 Å². The van der Waals surface area contributed by atoms with E-state index in [0.717, 1.165) is 0 Å². The summed E-state index contributed by atoms with van der Waals surface area (Å²) in [5, 5.41) is 13.4. The minimum Gasteiger partial charge on any atom is -0.489 e. The molecule has 0 amide bonds. The van der Waals surface area contributed by atoms with E-state index in [1.807, 2.05) is 0 Å². The topological polar surface area (TPSA) is 90.4 Å². The molecule has 1 rings (SSSR count). The molecule has 0 aliphatic rings. The summed E-state index contributed by atoms with van der Waals surface area (Å²) in [5.41, 5.74) is 6.02. The number of rotatable bonds is 3. The van der Waals surface area contributed by atoms with Gasteiger partial charge >= 0.3 is 5.69 Å². The van der Waals surface area contributed by atoms with Crippen LogP contribution in [0.1, 0.15) is 0 Å². The summed E-state index contributed by atoms with van der Waals surface area (Å²) < 4.78 is 4.87. The van der Waals surface area contributed by atoms with E-state index in [9.17, 15) is 10.1 Å². The number of nitrogens with zero attached hydrogens (tertiary/aromatic N) is 1. The standard InChI is InChI=1S/C8H11N3O3/c1-10-6-4-3-5(9)8(14-2)7(6)11(12)13/h3-4,10H,9H2,1-2H3. The summed E-state index contributed by atoms with van der Waals surface area (Å²) in [6.45, 7) is 0. The lowest BCUT2D eigenvalue weighted by Gasteiger charge is -2.08. The summed E-state index contributed by atoms with van der Waals surface area (Å²) in [4.78, 5) is 10.2. The van der Waals surface area contributed by atoms with Crippen molar-refractivity contribution < 1.29 is 9.66 Å². The van der Waals surface area contributed by atoms with Crippen molar-refractivity contribution in [3.05, 3.63) is 22.2 Å². The number of benzene rings is 1. The number of methoxy groups -OCH3 is 1. The maximum atomic E-state index is 10.7. The van der Waals surface area contributed by atoms with Crippen molar-refractivity contribution in [1.29, 1.82) is 0 Å². The molecule has 6 heteroatoms. The van der Waals surface area contributed by atoms with Gasteiger partial charge in [-0.2, -0.15) is 0 Å². The predicted molar refractivity (Wildman–Crippen MR) is 53.6 cm³/mol. The fourth-order valence-corrected chi connectivity index (χ4v) is 1.18. The first kappa shape index (κ1) is 10.1. The number of ether oxygens (including phenoxy) is 1. The molecule has 0 aliphatic heterocycles. The van der Waals surface area contributed by atoms with Gasteiger partial charge in [-0.25, -0.2) is 0 Å². The van der Waals surface area contributed by atoms with Gasteiger partial charge in [0.25, 0.3) is 0 Å². The smallest absolute Gasteiger partial charge is 0.335 e. The highest BCUT2D eigenvalue weighted by molar-refractivity contribution is 5.76. The molecule has 0 atom stereocenters. The number of nitro benzene ring substituents is 1. The van der Waals surface area contributed by atoms with Gasteiger partial charge in [0.15, 0.2) is 0 Å². The molecule has 14 heavy (non-hydrogen) atoms. The maximum Gasteiger partial charge on any atom is 0.335 e. The zero-order valence-electron chi connectivity index (χ0n) is 7.90. The molecule has 0 bridgehead atoms. The van der Waals surface area contributed by atoms with Gasteiger partial charge in [0.2, 0.25) is 5.75 Å². The lowest BCUT2D eigenvalue weighted by atomic mass is 10.2. The molecule has 0 unspecified atom stereocenters. The molecule has 1 aromatic rings. The Morgan fingerprint density at radius 3 is 2.64 bits per heavy atom. The van der Waals surface area contributed by atoms with Gasteiger partial charge in [-0.3, -0.25) is 10.1 Å². The summed E-state index contributed by atoms with van der Waals surface area (Å²) in [5.74, 6) is 0.0850.